The van der Waals surface area contributed by atoms with Crippen LogP contribution in [0, 0.1) is 0 Å². The maximum Gasteiger partial charge on any atom is 0.185 e. The molecule has 1 aliphatic heterocycles. The summed E-state index contributed by atoms with van der Waals surface area (Å²) in [5.74, 6) is 0.211. The Balaban J connectivity index is 2.07. The molecule has 0 spiro atoms. The molecule has 0 amide bonds. The lowest BCUT2D eigenvalue weighted by molar-refractivity contribution is -0.0333. The summed E-state index contributed by atoms with van der Waals surface area (Å²) in [7, 11) is 0. The molecule has 0 atom stereocenters. The monoisotopic (exact) mass is 240 g/mol. The second-order valence-corrected chi connectivity index (χ2v) is 5.13. The third-order valence-corrected chi connectivity index (χ3v) is 4.02. The quantitative estimate of drug-likeness (QED) is 0.549. The first kappa shape index (κ1) is 12.6. The minimum absolute atomic E-state index is 0.187. The van der Waals surface area contributed by atoms with Crippen LogP contribution in [0.25, 0.3) is 0 Å². The van der Waals surface area contributed by atoms with Crippen molar-refractivity contribution < 1.29 is 4.74 Å². The number of rotatable bonds is 3. The Morgan fingerprint density at radius 2 is 1.76 bits per heavy atom. The van der Waals surface area contributed by atoms with E-state index in [1.54, 1.807) is 0 Å². The molecule has 0 radical (unpaired) electrons. The molecule has 5 nitrogen and oxygen atoms in total. The maximum atomic E-state index is 5.48. The average Bonchev–Trinajstić information content (AvgIpc) is 2.39. The van der Waals surface area contributed by atoms with Crippen LogP contribution in [-0.4, -0.2) is 49.2 Å². The van der Waals surface area contributed by atoms with Crippen LogP contribution in [0.4, 0.5) is 0 Å². The largest absolute Gasteiger partial charge is 0.379 e. The van der Waals surface area contributed by atoms with Crippen LogP contribution in [0.5, 0.6) is 0 Å². The van der Waals surface area contributed by atoms with Crippen molar-refractivity contribution in [1.82, 2.24) is 4.90 Å². The summed E-state index contributed by atoms with van der Waals surface area (Å²) in [5, 5.41) is 0. The van der Waals surface area contributed by atoms with E-state index in [9.17, 15) is 0 Å². The molecule has 1 heterocycles. The molecule has 2 aliphatic rings. The first-order chi connectivity index (χ1) is 8.23. The van der Waals surface area contributed by atoms with E-state index in [2.05, 4.69) is 9.89 Å². The van der Waals surface area contributed by atoms with Crippen molar-refractivity contribution in [1.29, 1.82) is 0 Å². The van der Waals surface area contributed by atoms with Crippen LogP contribution in [-0.2, 0) is 4.74 Å². The van der Waals surface area contributed by atoms with Crippen LogP contribution in [0.2, 0.25) is 0 Å². The molecule has 2 fully saturated rings. The van der Waals surface area contributed by atoms with Gasteiger partial charge in [0.2, 0.25) is 0 Å². The highest BCUT2D eigenvalue weighted by Gasteiger charge is 2.38. The molecular formula is C12H24N4O. The van der Waals surface area contributed by atoms with Gasteiger partial charge in [0.15, 0.2) is 5.96 Å². The van der Waals surface area contributed by atoms with Crippen LogP contribution < -0.4 is 11.5 Å². The number of nitrogens with two attached hydrogens (primary N) is 2. The van der Waals surface area contributed by atoms with Gasteiger partial charge in [-0.2, -0.15) is 0 Å². The van der Waals surface area contributed by atoms with Gasteiger partial charge in [0, 0.05) is 18.6 Å². The minimum Gasteiger partial charge on any atom is -0.379 e. The van der Waals surface area contributed by atoms with Crippen LogP contribution >= 0.6 is 0 Å². The maximum absolute atomic E-state index is 5.48. The smallest absolute Gasteiger partial charge is 0.185 e. The molecule has 0 aromatic heterocycles. The van der Waals surface area contributed by atoms with Crippen molar-refractivity contribution in [3.63, 3.8) is 0 Å². The number of nitrogens with zero attached hydrogens (tertiary/aromatic N) is 2. The van der Waals surface area contributed by atoms with E-state index < -0.39 is 0 Å². The van der Waals surface area contributed by atoms with E-state index in [1.165, 1.54) is 32.1 Å². The first-order valence-corrected chi connectivity index (χ1v) is 6.61. The number of morpholine rings is 1. The van der Waals surface area contributed by atoms with Crippen molar-refractivity contribution >= 4 is 5.96 Å². The predicted molar refractivity (Wildman–Crippen MR) is 68.9 cm³/mol. The molecule has 1 saturated heterocycles. The topological polar surface area (TPSA) is 76.9 Å². The van der Waals surface area contributed by atoms with Gasteiger partial charge in [-0.25, -0.2) is 0 Å². The molecule has 0 unspecified atom stereocenters. The number of ether oxygens (including phenoxy) is 1. The lowest BCUT2D eigenvalue weighted by Crippen LogP contribution is -2.56. The Morgan fingerprint density at radius 1 is 1.12 bits per heavy atom. The van der Waals surface area contributed by atoms with Crippen LogP contribution in [0.1, 0.15) is 32.1 Å². The summed E-state index contributed by atoms with van der Waals surface area (Å²) in [4.78, 5) is 6.83. The number of guanidine groups is 1. The van der Waals surface area contributed by atoms with Crippen molar-refractivity contribution in [2.45, 2.75) is 37.6 Å². The Kier molecular flexibility index (Phi) is 4.23. The second kappa shape index (κ2) is 5.69. The van der Waals surface area contributed by atoms with Gasteiger partial charge >= 0.3 is 0 Å². The second-order valence-electron chi connectivity index (χ2n) is 5.13. The number of hydrogen-bond acceptors (Lipinski definition) is 3. The van der Waals surface area contributed by atoms with Gasteiger partial charge in [-0.3, -0.25) is 9.89 Å². The highest BCUT2D eigenvalue weighted by Crippen LogP contribution is 2.34. The van der Waals surface area contributed by atoms with Gasteiger partial charge in [-0.1, -0.05) is 19.3 Å². The molecule has 1 saturated carbocycles. The lowest BCUT2D eigenvalue weighted by Gasteiger charge is -2.47. The number of hydrogen-bond donors (Lipinski definition) is 2. The minimum atomic E-state index is 0.187. The first-order valence-electron chi connectivity index (χ1n) is 6.61. The van der Waals surface area contributed by atoms with E-state index in [0.29, 0.717) is 0 Å². The summed E-state index contributed by atoms with van der Waals surface area (Å²) in [6.07, 6.45) is 6.34. The fraction of sp³-hybridized carbons (Fsp3) is 0.917. The standard InChI is InChI=1S/C12H24N4O/c13-11(14)15-10-12(4-2-1-3-5-12)16-6-8-17-9-7-16/h1-10H2,(H4,13,14,15). The summed E-state index contributed by atoms with van der Waals surface area (Å²) < 4.78 is 5.43. The fourth-order valence-corrected chi connectivity index (χ4v) is 3.06. The van der Waals surface area contributed by atoms with E-state index in [-0.39, 0.29) is 11.5 Å². The van der Waals surface area contributed by atoms with Gasteiger partial charge in [0.25, 0.3) is 0 Å². The summed E-state index contributed by atoms with van der Waals surface area (Å²) in [6.45, 7) is 4.45. The summed E-state index contributed by atoms with van der Waals surface area (Å²) in [5.41, 5.74) is 11.2. The van der Waals surface area contributed by atoms with Gasteiger partial charge < -0.3 is 16.2 Å². The Morgan fingerprint density at radius 3 is 2.35 bits per heavy atom. The lowest BCUT2D eigenvalue weighted by atomic mass is 9.80. The Labute approximate surface area is 103 Å². The van der Waals surface area contributed by atoms with Crippen LogP contribution in [0.15, 0.2) is 4.99 Å². The van der Waals surface area contributed by atoms with Crippen molar-refractivity contribution in [3.05, 3.63) is 0 Å². The zero-order chi connectivity index (χ0) is 12.1. The van der Waals surface area contributed by atoms with Gasteiger partial charge in [-0.15, -0.1) is 0 Å². The average molecular weight is 240 g/mol. The molecule has 1 aliphatic carbocycles. The van der Waals surface area contributed by atoms with E-state index in [0.717, 1.165) is 32.8 Å². The van der Waals surface area contributed by atoms with E-state index >= 15 is 0 Å². The SMILES string of the molecule is NC(N)=NCC1(N2CCOCC2)CCCCC1. The number of aliphatic imine (C=N–C) groups is 1. The molecule has 5 heteroatoms. The van der Waals surface area contributed by atoms with E-state index in [4.69, 9.17) is 16.2 Å². The zero-order valence-electron chi connectivity index (χ0n) is 10.5. The molecule has 17 heavy (non-hydrogen) atoms. The highest BCUT2D eigenvalue weighted by atomic mass is 16.5. The zero-order valence-corrected chi connectivity index (χ0v) is 10.5. The molecule has 2 rings (SSSR count). The van der Waals surface area contributed by atoms with E-state index in [1.807, 2.05) is 0 Å². The summed E-state index contributed by atoms with van der Waals surface area (Å²) in [6, 6.07) is 0. The van der Waals surface area contributed by atoms with Crippen molar-refractivity contribution in [2.75, 3.05) is 32.8 Å². The molecule has 0 aromatic carbocycles. The highest BCUT2D eigenvalue weighted by molar-refractivity contribution is 5.75. The van der Waals surface area contributed by atoms with Crippen molar-refractivity contribution in [2.24, 2.45) is 16.5 Å². The molecule has 98 valence electrons. The van der Waals surface area contributed by atoms with Gasteiger partial charge in [0.05, 0.1) is 19.8 Å². The molecule has 4 N–H and O–H groups in total. The third kappa shape index (κ3) is 3.10. The van der Waals surface area contributed by atoms with Crippen LogP contribution in [0.3, 0.4) is 0 Å². The fourth-order valence-electron chi connectivity index (χ4n) is 3.06. The third-order valence-electron chi connectivity index (χ3n) is 4.02. The molecule has 0 bridgehead atoms. The van der Waals surface area contributed by atoms with Gasteiger partial charge in [0.1, 0.15) is 0 Å². The van der Waals surface area contributed by atoms with Crippen molar-refractivity contribution in [3.8, 4) is 0 Å². The molecule has 0 aromatic rings. The predicted octanol–water partition coefficient (Wildman–Crippen LogP) is 0.295. The Hall–Kier alpha value is -0.810. The normalized spacial score (nSPS) is 25.4. The van der Waals surface area contributed by atoms with Gasteiger partial charge in [-0.05, 0) is 12.8 Å². The Bertz CT molecular complexity index is 264. The molecular weight excluding hydrogens is 216 g/mol. The summed E-state index contributed by atoms with van der Waals surface area (Å²) >= 11 is 0.